The number of benzene rings is 2. The van der Waals surface area contributed by atoms with Gasteiger partial charge in [-0.1, -0.05) is 55.1 Å². The maximum absolute atomic E-state index is 13.1. The fraction of sp³-hybridized carbons (Fsp3) is 0.222. The third-order valence-electron chi connectivity index (χ3n) is 3.35. The number of hydrogen-bond acceptors (Lipinski definition) is 4. The van der Waals surface area contributed by atoms with E-state index in [1.54, 1.807) is 25.1 Å². The fourth-order valence-corrected chi connectivity index (χ4v) is 3.74. The van der Waals surface area contributed by atoms with Crippen LogP contribution < -0.4 is 10.3 Å². The van der Waals surface area contributed by atoms with Gasteiger partial charge in [0.25, 0.3) is 0 Å². The Morgan fingerprint density at radius 1 is 1.17 bits per heavy atom. The Balaban J connectivity index is 2.16. The van der Waals surface area contributed by atoms with Crippen LogP contribution in [0.15, 0.2) is 61.2 Å². The lowest BCUT2D eigenvalue weighted by Crippen LogP contribution is -2.26. The SMILES string of the molecule is C=Cc1ccc(OP(=O)(OCC)C(N)Cc2ccccc2)cc1. The molecule has 23 heavy (non-hydrogen) atoms. The molecule has 0 aliphatic carbocycles. The first-order chi connectivity index (χ1) is 11.1. The average Bonchev–Trinajstić information content (AvgIpc) is 2.56. The smallest absolute Gasteiger partial charge is 0.396 e. The predicted octanol–water partition coefficient (Wildman–Crippen LogP) is 4.47. The Bertz CT molecular complexity index is 670. The first-order valence-electron chi connectivity index (χ1n) is 7.53. The number of rotatable bonds is 8. The van der Waals surface area contributed by atoms with Gasteiger partial charge in [-0.25, -0.2) is 4.57 Å². The summed E-state index contributed by atoms with van der Waals surface area (Å²) in [6.07, 6.45) is 2.15. The van der Waals surface area contributed by atoms with E-state index >= 15 is 0 Å². The van der Waals surface area contributed by atoms with Crippen molar-refractivity contribution in [1.82, 2.24) is 0 Å². The van der Waals surface area contributed by atoms with E-state index in [4.69, 9.17) is 14.8 Å². The molecule has 2 aromatic rings. The Morgan fingerprint density at radius 2 is 1.83 bits per heavy atom. The van der Waals surface area contributed by atoms with Gasteiger partial charge in [-0.15, -0.1) is 0 Å². The van der Waals surface area contributed by atoms with Crippen LogP contribution >= 0.6 is 7.60 Å². The van der Waals surface area contributed by atoms with Crippen molar-refractivity contribution in [2.24, 2.45) is 5.73 Å². The van der Waals surface area contributed by atoms with Crippen LogP contribution in [-0.4, -0.2) is 12.4 Å². The zero-order valence-corrected chi connectivity index (χ0v) is 14.1. The van der Waals surface area contributed by atoms with E-state index in [0.29, 0.717) is 12.2 Å². The van der Waals surface area contributed by atoms with Crippen molar-refractivity contribution in [3.8, 4) is 5.75 Å². The molecule has 0 spiro atoms. The minimum Gasteiger partial charge on any atom is -0.423 e. The third-order valence-corrected chi connectivity index (χ3v) is 5.43. The molecular weight excluding hydrogens is 309 g/mol. The van der Waals surface area contributed by atoms with Gasteiger partial charge in [-0.3, -0.25) is 4.52 Å². The monoisotopic (exact) mass is 331 g/mol. The van der Waals surface area contributed by atoms with Gasteiger partial charge < -0.3 is 10.3 Å². The molecule has 0 aliphatic rings. The van der Waals surface area contributed by atoms with Crippen LogP contribution in [0.4, 0.5) is 0 Å². The van der Waals surface area contributed by atoms with Crippen molar-refractivity contribution < 1.29 is 13.6 Å². The molecule has 0 radical (unpaired) electrons. The van der Waals surface area contributed by atoms with Crippen molar-refractivity contribution in [1.29, 1.82) is 0 Å². The quantitative estimate of drug-likeness (QED) is 0.725. The Hall–Kier alpha value is -1.87. The van der Waals surface area contributed by atoms with Crippen molar-refractivity contribution in [2.75, 3.05) is 6.61 Å². The van der Waals surface area contributed by atoms with E-state index in [2.05, 4.69) is 6.58 Å². The average molecular weight is 331 g/mol. The van der Waals surface area contributed by atoms with Crippen LogP contribution in [0.5, 0.6) is 5.75 Å². The summed E-state index contributed by atoms with van der Waals surface area (Å²) < 4.78 is 24.1. The van der Waals surface area contributed by atoms with E-state index < -0.39 is 13.4 Å². The van der Waals surface area contributed by atoms with Gasteiger partial charge >= 0.3 is 7.60 Å². The Labute approximate surface area is 137 Å². The summed E-state index contributed by atoms with van der Waals surface area (Å²) in [5.74, 6) is -0.264. The summed E-state index contributed by atoms with van der Waals surface area (Å²) in [4.78, 5) is 0. The minimum absolute atomic E-state index is 0.268. The highest BCUT2D eigenvalue weighted by Crippen LogP contribution is 2.51. The van der Waals surface area contributed by atoms with E-state index in [1.807, 2.05) is 42.5 Å². The van der Waals surface area contributed by atoms with Crippen LogP contribution in [0, 0.1) is 0 Å². The molecule has 2 unspecified atom stereocenters. The van der Waals surface area contributed by atoms with E-state index in [0.717, 1.165) is 11.1 Å². The molecule has 0 heterocycles. The molecule has 2 rings (SSSR count). The van der Waals surface area contributed by atoms with Crippen LogP contribution in [0.3, 0.4) is 0 Å². The molecule has 0 aliphatic heterocycles. The zero-order valence-electron chi connectivity index (χ0n) is 13.2. The molecule has 2 atom stereocenters. The molecule has 5 heteroatoms. The molecule has 0 amide bonds. The first-order valence-corrected chi connectivity index (χ1v) is 9.14. The van der Waals surface area contributed by atoms with Gasteiger partial charge in [0.1, 0.15) is 11.5 Å². The third kappa shape index (κ3) is 4.80. The molecule has 0 saturated heterocycles. The summed E-state index contributed by atoms with van der Waals surface area (Å²) in [7, 11) is -3.47. The molecule has 0 fully saturated rings. The van der Waals surface area contributed by atoms with Crippen LogP contribution in [0.1, 0.15) is 18.1 Å². The van der Waals surface area contributed by atoms with Crippen molar-refractivity contribution in [2.45, 2.75) is 19.1 Å². The van der Waals surface area contributed by atoms with Gasteiger partial charge in [-0.2, -0.15) is 0 Å². The summed E-state index contributed by atoms with van der Waals surface area (Å²) in [5.41, 5.74) is 8.09. The maximum atomic E-state index is 13.1. The van der Waals surface area contributed by atoms with Gasteiger partial charge in [0, 0.05) is 6.42 Å². The molecule has 122 valence electrons. The van der Waals surface area contributed by atoms with Crippen molar-refractivity contribution in [3.63, 3.8) is 0 Å². The van der Waals surface area contributed by atoms with Crippen LogP contribution in [-0.2, 0) is 15.5 Å². The summed E-state index contributed by atoms with van der Waals surface area (Å²) in [5, 5.41) is 0. The number of hydrogen-bond donors (Lipinski definition) is 1. The molecular formula is C18H22NO3P. The molecule has 0 saturated carbocycles. The largest absolute Gasteiger partial charge is 0.423 e. The van der Waals surface area contributed by atoms with E-state index in [1.165, 1.54) is 0 Å². The lowest BCUT2D eigenvalue weighted by molar-refractivity contribution is 0.270. The predicted molar refractivity (Wildman–Crippen MR) is 94.5 cm³/mol. The van der Waals surface area contributed by atoms with Crippen LogP contribution in [0.2, 0.25) is 0 Å². The normalized spacial score (nSPS) is 14.7. The van der Waals surface area contributed by atoms with Crippen LogP contribution in [0.25, 0.3) is 6.08 Å². The lowest BCUT2D eigenvalue weighted by atomic mass is 10.2. The summed E-state index contributed by atoms with van der Waals surface area (Å²) in [6, 6.07) is 16.8. The second-order valence-corrected chi connectivity index (χ2v) is 7.26. The standard InChI is InChI=1S/C18H22NO3P/c1-3-15-10-12-17(13-11-15)22-23(20,21-4-2)18(19)14-16-8-6-5-7-9-16/h3,5-13,18H,1,4,14,19H2,2H3. The van der Waals surface area contributed by atoms with E-state index in [9.17, 15) is 4.57 Å². The van der Waals surface area contributed by atoms with Gasteiger partial charge in [0.15, 0.2) is 0 Å². The lowest BCUT2D eigenvalue weighted by Gasteiger charge is -2.24. The van der Waals surface area contributed by atoms with Crippen molar-refractivity contribution in [3.05, 3.63) is 72.3 Å². The number of nitrogens with two attached hydrogens (primary N) is 1. The van der Waals surface area contributed by atoms with E-state index in [-0.39, 0.29) is 6.61 Å². The molecule has 4 nitrogen and oxygen atoms in total. The highest BCUT2D eigenvalue weighted by molar-refractivity contribution is 7.55. The van der Waals surface area contributed by atoms with Crippen molar-refractivity contribution >= 4 is 13.7 Å². The first kappa shape index (κ1) is 17.5. The zero-order chi connectivity index (χ0) is 16.7. The topological polar surface area (TPSA) is 61.5 Å². The Morgan fingerprint density at radius 3 is 2.39 bits per heavy atom. The second-order valence-electron chi connectivity index (χ2n) is 5.08. The second kappa shape index (κ2) is 8.11. The fourth-order valence-electron chi connectivity index (χ4n) is 2.15. The molecule has 0 aromatic heterocycles. The van der Waals surface area contributed by atoms with Gasteiger partial charge in [0.2, 0.25) is 0 Å². The molecule has 2 N–H and O–H groups in total. The molecule has 2 aromatic carbocycles. The summed E-state index contributed by atoms with van der Waals surface area (Å²) in [6.45, 7) is 5.74. The highest BCUT2D eigenvalue weighted by atomic mass is 31.2. The van der Waals surface area contributed by atoms with Gasteiger partial charge in [-0.05, 0) is 30.2 Å². The maximum Gasteiger partial charge on any atom is 0.396 e. The minimum atomic E-state index is -3.47. The highest BCUT2D eigenvalue weighted by Gasteiger charge is 2.34. The molecule has 0 bridgehead atoms. The van der Waals surface area contributed by atoms with Gasteiger partial charge in [0.05, 0.1) is 6.61 Å². The summed E-state index contributed by atoms with van der Waals surface area (Å²) >= 11 is 0. The Kier molecular flexibility index (Phi) is 6.17.